The molecule has 4 nitrogen and oxygen atoms in total. The Bertz CT molecular complexity index is 933. The number of carbonyl (C=O) groups is 1. The van der Waals surface area contributed by atoms with Gasteiger partial charge in [-0.15, -0.1) is 11.3 Å². The van der Waals surface area contributed by atoms with Crippen LogP contribution in [0.2, 0.25) is 5.02 Å². The van der Waals surface area contributed by atoms with Crippen molar-refractivity contribution in [3.05, 3.63) is 81.3 Å². The molecule has 3 aromatic rings. The van der Waals surface area contributed by atoms with E-state index in [4.69, 9.17) is 21.1 Å². The highest BCUT2D eigenvalue weighted by atomic mass is 35.5. The van der Waals surface area contributed by atoms with Crippen molar-refractivity contribution in [2.75, 3.05) is 13.7 Å². The maximum Gasteiger partial charge on any atom is 0.261 e. The lowest BCUT2D eigenvalue weighted by atomic mass is 10.2. The Hall–Kier alpha value is -2.57. The van der Waals surface area contributed by atoms with E-state index in [9.17, 15) is 9.18 Å². The molecule has 0 spiro atoms. The van der Waals surface area contributed by atoms with Gasteiger partial charge < -0.3 is 14.4 Å². The number of rotatable bonds is 8. The molecule has 146 valence electrons. The number of halogens is 2. The summed E-state index contributed by atoms with van der Waals surface area (Å²) in [6, 6.07) is 15.3. The largest absolute Gasteiger partial charge is 0.496 e. The van der Waals surface area contributed by atoms with Crippen molar-refractivity contribution in [3.8, 4) is 11.5 Å². The number of nitrogens with zero attached hydrogens (tertiary/aromatic N) is 1. The summed E-state index contributed by atoms with van der Waals surface area (Å²) in [7, 11) is 1.60. The Morgan fingerprint density at radius 1 is 1.11 bits per heavy atom. The number of hydrogen-bond donors (Lipinski definition) is 0. The Labute approximate surface area is 172 Å². The molecule has 0 aliphatic carbocycles. The average Bonchev–Trinajstić information content (AvgIpc) is 3.20. The van der Waals surface area contributed by atoms with E-state index in [1.165, 1.54) is 12.1 Å². The third kappa shape index (κ3) is 5.24. The molecule has 1 heterocycles. The van der Waals surface area contributed by atoms with Crippen LogP contribution in [0.3, 0.4) is 0 Å². The van der Waals surface area contributed by atoms with Crippen LogP contribution in [0, 0.1) is 5.82 Å². The van der Waals surface area contributed by atoms with Gasteiger partial charge in [-0.05, 0) is 35.7 Å². The fraction of sp³-hybridized carbons (Fsp3) is 0.190. The quantitative estimate of drug-likeness (QED) is 0.506. The van der Waals surface area contributed by atoms with Gasteiger partial charge in [0.05, 0.1) is 18.7 Å². The van der Waals surface area contributed by atoms with Gasteiger partial charge in [-0.25, -0.2) is 4.39 Å². The van der Waals surface area contributed by atoms with Crippen LogP contribution in [-0.2, 0) is 17.9 Å². The number of carbonyl (C=O) groups excluding carboxylic acids is 1. The van der Waals surface area contributed by atoms with Crippen LogP contribution >= 0.6 is 22.9 Å². The van der Waals surface area contributed by atoms with Crippen LogP contribution in [0.4, 0.5) is 4.39 Å². The molecule has 28 heavy (non-hydrogen) atoms. The third-order valence-electron chi connectivity index (χ3n) is 4.08. The Balaban J connectivity index is 1.74. The van der Waals surface area contributed by atoms with Gasteiger partial charge in [-0.3, -0.25) is 4.79 Å². The summed E-state index contributed by atoms with van der Waals surface area (Å²) in [6.45, 7) is 0.627. The molecule has 1 amide bonds. The van der Waals surface area contributed by atoms with Gasteiger partial charge in [0.25, 0.3) is 5.91 Å². The van der Waals surface area contributed by atoms with E-state index < -0.39 is 5.82 Å². The van der Waals surface area contributed by atoms with Crippen molar-refractivity contribution in [2.45, 2.75) is 13.1 Å². The fourth-order valence-corrected chi connectivity index (χ4v) is 3.63. The summed E-state index contributed by atoms with van der Waals surface area (Å²) in [5, 5.41) is 2.10. The maximum atomic E-state index is 13.2. The molecule has 3 rings (SSSR count). The summed E-state index contributed by atoms with van der Waals surface area (Å²) in [4.78, 5) is 15.6. The van der Waals surface area contributed by atoms with Gasteiger partial charge in [0.1, 0.15) is 17.3 Å². The van der Waals surface area contributed by atoms with Gasteiger partial charge in [0.15, 0.2) is 6.61 Å². The molecule has 0 bridgehead atoms. The second kappa shape index (κ2) is 9.57. The van der Waals surface area contributed by atoms with E-state index in [1.54, 1.807) is 23.3 Å². The van der Waals surface area contributed by atoms with E-state index in [1.807, 2.05) is 41.8 Å². The molecular weight excluding hydrogens is 401 g/mol. The first kappa shape index (κ1) is 20.2. The number of thiophene rings is 1. The molecule has 0 saturated carbocycles. The van der Waals surface area contributed by atoms with Crippen molar-refractivity contribution in [3.63, 3.8) is 0 Å². The van der Waals surface area contributed by atoms with E-state index in [2.05, 4.69) is 0 Å². The van der Waals surface area contributed by atoms with Gasteiger partial charge in [0.2, 0.25) is 0 Å². The van der Waals surface area contributed by atoms with Gasteiger partial charge in [-0.1, -0.05) is 35.9 Å². The molecule has 0 saturated heterocycles. The number of hydrogen-bond acceptors (Lipinski definition) is 4. The van der Waals surface area contributed by atoms with Crippen LogP contribution in [0.25, 0.3) is 0 Å². The highest BCUT2D eigenvalue weighted by Crippen LogP contribution is 2.25. The number of benzene rings is 2. The molecule has 0 aliphatic heterocycles. The van der Waals surface area contributed by atoms with Gasteiger partial charge >= 0.3 is 0 Å². The first-order chi connectivity index (χ1) is 13.6. The van der Waals surface area contributed by atoms with Crippen LogP contribution < -0.4 is 9.47 Å². The lowest BCUT2D eigenvalue weighted by molar-refractivity contribution is -0.134. The molecule has 0 atom stereocenters. The molecule has 0 N–H and O–H groups in total. The Kier molecular flexibility index (Phi) is 6.90. The first-order valence-corrected chi connectivity index (χ1v) is 9.82. The zero-order chi connectivity index (χ0) is 19.9. The molecular formula is C21H19ClFNO3S. The van der Waals surface area contributed by atoms with Crippen LogP contribution in [0.15, 0.2) is 60.0 Å². The summed E-state index contributed by atoms with van der Waals surface area (Å²) in [5.74, 6) is 0.317. The van der Waals surface area contributed by atoms with E-state index in [0.717, 1.165) is 16.5 Å². The third-order valence-corrected chi connectivity index (χ3v) is 5.23. The van der Waals surface area contributed by atoms with Crippen molar-refractivity contribution in [2.24, 2.45) is 0 Å². The Morgan fingerprint density at radius 2 is 1.93 bits per heavy atom. The number of amides is 1. The minimum absolute atomic E-state index is 0.127. The summed E-state index contributed by atoms with van der Waals surface area (Å²) in [5.41, 5.74) is 0.898. The summed E-state index contributed by atoms with van der Waals surface area (Å²) in [6.07, 6.45) is 0. The van der Waals surface area contributed by atoms with Gasteiger partial charge in [0, 0.05) is 17.0 Å². The van der Waals surface area contributed by atoms with Gasteiger partial charge in [-0.2, -0.15) is 0 Å². The Morgan fingerprint density at radius 3 is 2.64 bits per heavy atom. The van der Waals surface area contributed by atoms with Crippen LogP contribution in [0.1, 0.15) is 10.4 Å². The highest BCUT2D eigenvalue weighted by Gasteiger charge is 2.18. The summed E-state index contributed by atoms with van der Waals surface area (Å²) < 4.78 is 24.1. The van der Waals surface area contributed by atoms with Crippen molar-refractivity contribution in [1.82, 2.24) is 4.90 Å². The van der Waals surface area contributed by atoms with E-state index in [-0.39, 0.29) is 23.3 Å². The number of para-hydroxylation sites is 1. The highest BCUT2D eigenvalue weighted by molar-refractivity contribution is 7.09. The monoisotopic (exact) mass is 419 g/mol. The first-order valence-electron chi connectivity index (χ1n) is 8.56. The molecule has 0 radical (unpaired) electrons. The van der Waals surface area contributed by atoms with Crippen LogP contribution in [0.5, 0.6) is 11.5 Å². The molecule has 0 aliphatic rings. The minimum Gasteiger partial charge on any atom is -0.496 e. The second-order valence-electron chi connectivity index (χ2n) is 6.00. The smallest absolute Gasteiger partial charge is 0.261 e. The SMILES string of the molecule is COc1ccccc1CN(Cc1cccs1)C(=O)COc1ccc(F)cc1Cl. The zero-order valence-corrected chi connectivity index (χ0v) is 16.8. The van der Waals surface area contributed by atoms with Crippen molar-refractivity contribution in [1.29, 1.82) is 0 Å². The number of methoxy groups -OCH3 is 1. The predicted molar refractivity (Wildman–Crippen MR) is 108 cm³/mol. The molecule has 1 aromatic heterocycles. The zero-order valence-electron chi connectivity index (χ0n) is 15.2. The lowest BCUT2D eigenvalue weighted by Gasteiger charge is -2.23. The topological polar surface area (TPSA) is 38.8 Å². The molecule has 0 fully saturated rings. The normalized spacial score (nSPS) is 10.5. The second-order valence-corrected chi connectivity index (χ2v) is 7.44. The van der Waals surface area contributed by atoms with Crippen molar-refractivity contribution < 1.29 is 18.7 Å². The number of ether oxygens (including phenoxy) is 2. The standard InChI is InChI=1S/C21H19ClFNO3S/c1-26-19-7-3-2-5-15(19)12-24(13-17-6-4-10-28-17)21(25)14-27-20-9-8-16(23)11-18(20)22/h2-11H,12-14H2,1H3. The fourth-order valence-electron chi connectivity index (χ4n) is 2.69. The average molecular weight is 420 g/mol. The predicted octanol–water partition coefficient (Wildman–Crippen LogP) is 5.16. The van der Waals surface area contributed by atoms with Crippen LogP contribution in [-0.4, -0.2) is 24.5 Å². The molecule has 0 unspecified atom stereocenters. The summed E-state index contributed by atoms with van der Waals surface area (Å²) >= 11 is 7.55. The molecule has 2 aromatic carbocycles. The van der Waals surface area contributed by atoms with E-state index >= 15 is 0 Å². The maximum absolute atomic E-state index is 13.2. The minimum atomic E-state index is -0.459. The lowest BCUT2D eigenvalue weighted by Crippen LogP contribution is -2.34. The van der Waals surface area contributed by atoms with Crippen molar-refractivity contribution >= 4 is 28.8 Å². The molecule has 7 heteroatoms. The van der Waals surface area contributed by atoms with E-state index in [0.29, 0.717) is 18.8 Å².